The highest BCUT2D eigenvalue weighted by Crippen LogP contribution is 2.13. The van der Waals surface area contributed by atoms with Crippen LogP contribution in [-0.4, -0.2) is 63.4 Å². The molecular weight excluding hydrogens is 320 g/mol. The molecule has 0 aliphatic carbocycles. The Hall–Kier alpha value is -2.19. The minimum absolute atomic E-state index is 0.200. The second-order valence-electron chi connectivity index (χ2n) is 6.67. The summed E-state index contributed by atoms with van der Waals surface area (Å²) in [6.07, 6.45) is 2.33. The molecule has 2 aromatic rings. The quantitative estimate of drug-likeness (QED) is 0.845. The van der Waals surface area contributed by atoms with Crippen molar-refractivity contribution in [2.24, 2.45) is 0 Å². The maximum atomic E-state index is 12.1. The predicted molar refractivity (Wildman–Crippen MR) is 94.3 cm³/mol. The Kier molecular flexibility index (Phi) is 5.50. The van der Waals surface area contributed by atoms with Gasteiger partial charge < -0.3 is 15.4 Å². The number of hydrogen-bond donors (Lipinski definition) is 2. The first-order valence-electron chi connectivity index (χ1n) is 8.72. The molecule has 2 aromatic heterocycles. The molecule has 3 unspecified atom stereocenters. The number of nitrogens with zero attached hydrogens (tertiary/aromatic N) is 4. The third kappa shape index (κ3) is 4.46. The molecule has 2 N–H and O–H groups in total. The van der Waals surface area contributed by atoms with Crippen molar-refractivity contribution in [2.75, 3.05) is 19.6 Å². The van der Waals surface area contributed by atoms with Crippen LogP contribution in [0, 0.1) is 0 Å². The summed E-state index contributed by atoms with van der Waals surface area (Å²) in [5.41, 5.74) is 0.767. The van der Waals surface area contributed by atoms with Crippen LogP contribution in [0.15, 0.2) is 24.4 Å². The van der Waals surface area contributed by atoms with E-state index in [1.165, 1.54) is 0 Å². The Morgan fingerprint density at radius 2 is 2.04 bits per heavy atom. The van der Waals surface area contributed by atoms with Crippen LogP contribution in [0.1, 0.15) is 26.6 Å². The second-order valence-corrected chi connectivity index (χ2v) is 6.67. The van der Waals surface area contributed by atoms with Crippen LogP contribution in [-0.2, 0) is 11.3 Å². The van der Waals surface area contributed by atoms with Gasteiger partial charge in [0.05, 0.1) is 18.8 Å². The molecule has 1 fully saturated rings. The molecular formula is C17H26N6O2. The summed E-state index contributed by atoms with van der Waals surface area (Å²) in [6, 6.07) is 5.75. The van der Waals surface area contributed by atoms with Gasteiger partial charge in [-0.15, -0.1) is 10.2 Å². The van der Waals surface area contributed by atoms with E-state index in [-0.39, 0.29) is 24.3 Å². The standard InChI is InChI=1S/C17H26N6O2/c1-12(22-10-13(2)25-14(3)11-22)8-18-17(24)19-9-16-21-20-15-6-4-5-7-23(15)16/h4-7,12-14H,8-11H2,1-3H3,(H2,18,19,24). The van der Waals surface area contributed by atoms with E-state index in [0.29, 0.717) is 18.9 Å². The van der Waals surface area contributed by atoms with Crippen molar-refractivity contribution in [3.05, 3.63) is 30.2 Å². The van der Waals surface area contributed by atoms with E-state index in [1.54, 1.807) is 0 Å². The Balaban J connectivity index is 1.45. The highest BCUT2D eigenvalue weighted by molar-refractivity contribution is 5.73. The highest BCUT2D eigenvalue weighted by Gasteiger charge is 2.25. The van der Waals surface area contributed by atoms with Gasteiger partial charge in [-0.25, -0.2) is 4.79 Å². The number of pyridine rings is 1. The molecule has 0 saturated carbocycles. The van der Waals surface area contributed by atoms with Crippen LogP contribution in [0.3, 0.4) is 0 Å². The summed E-state index contributed by atoms with van der Waals surface area (Å²) in [5.74, 6) is 0.703. The number of carbonyl (C=O) groups is 1. The van der Waals surface area contributed by atoms with Gasteiger partial charge in [0, 0.05) is 31.9 Å². The average Bonchev–Trinajstić information content (AvgIpc) is 3.00. The Labute approximate surface area is 147 Å². The first-order chi connectivity index (χ1) is 12.0. The number of carbonyl (C=O) groups excluding carboxylic acids is 1. The largest absolute Gasteiger partial charge is 0.373 e. The first kappa shape index (κ1) is 17.6. The molecule has 0 radical (unpaired) electrons. The van der Waals surface area contributed by atoms with Gasteiger partial charge in [0.1, 0.15) is 0 Å². The minimum atomic E-state index is -0.200. The number of urea groups is 1. The van der Waals surface area contributed by atoms with Gasteiger partial charge in [0.15, 0.2) is 11.5 Å². The lowest BCUT2D eigenvalue weighted by molar-refractivity contribution is -0.0778. The molecule has 8 heteroatoms. The molecule has 1 aliphatic heterocycles. The van der Waals surface area contributed by atoms with Crippen molar-refractivity contribution in [3.63, 3.8) is 0 Å². The average molecular weight is 346 g/mol. The molecule has 3 heterocycles. The van der Waals surface area contributed by atoms with E-state index in [1.807, 2.05) is 28.8 Å². The van der Waals surface area contributed by atoms with E-state index < -0.39 is 0 Å². The molecule has 1 aliphatic rings. The van der Waals surface area contributed by atoms with Gasteiger partial charge in [0.2, 0.25) is 0 Å². The zero-order valence-corrected chi connectivity index (χ0v) is 15.0. The van der Waals surface area contributed by atoms with Gasteiger partial charge in [-0.1, -0.05) is 6.07 Å². The van der Waals surface area contributed by atoms with Crippen molar-refractivity contribution >= 4 is 11.7 Å². The summed E-state index contributed by atoms with van der Waals surface area (Å²) in [6.45, 7) is 8.98. The summed E-state index contributed by atoms with van der Waals surface area (Å²) in [4.78, 5) is 14.4. The number of fused-ring (bicyclic) bond motifs is 1. The Morgan fingerprint density at radius 3 is 2.80 bits per heavy atom. The predicted octanol–water partition coefficient (Wildman–Crippen LogP) is 1.03. The van der Waals surface area contributed by atoms with Crippen molar-refractivity contribution in [3.8, 4) is 0 Å². The number of nitrogens with one attached hydrogen (secondary N) is 2. The molecule has 136 valence electrons. The van der Waals surface area contributed by atoms with E-state index in [2.05, 4.69) is 46.5 Å². The highest BCUT2D eigenvalue weighted by atomic mass is 16.5. The summed E-state index contributed by atoms with van der Waals surface area (Å²) < 4.78 is 7.61. The number of hydrogen-bond acceptors (Lipinski definition) is 5. The lowest BCUT2D eigenvalue weighted by Crippen LogP contribution is -2.53. The third-order valence-corrected chi connectivity index (χ3v) is 4.42. The molecule has 3 atom stereocenters. The van der Waals surface area contributed by atoms with Gasteiger partial charge in [-0.2, -0.15) is 0 Å². The number of morpholine rings is 1. The SMILES string of the molecule is CC1CN(C(C)CNC(=O)NCc2nnc3ccccn23)CC(C)O1. The monoisotopic (exact) mass is 346 g/mol. The van der Waals surface area contributed by atoms with E-state index in [9.17, 15) is 4.79 Å². The maximum Gasteiger partial charge on any atom is 0.315 e. The molecule has 3 rings (SSSR count). The van der Waals surface area contributed by atoms with Crippen molar-refractivity contribution in [1.29, 1.82) is 0 Å². The van der Waals surface area contributed by atoms with E-state index in [4.69, 9.17) is 4.74 Å². The normalized spacial score (nSPS) is 22.7. The van der Waals surface area contributed by atoms with Gasteiger partial charge in [0.25, 0.3) is 0 Å². The van der Waals surface area contributed by atoms with Crippen LogP contribution >= 0.6 is 0 Å². The summed E-state index contributed by atoms with van der Waals surface area (Å²) in [7, 11) is 0. The maximum absolute atomic E-state index is 12.1. The first-order valence-corrected chi connectivity index (χ1v) is 8.72. The minimum Gasteiger partial charge on any atom is -0.373 e. The Bertz CT molecular complexity index is 708. The Morgan fingerprint density at radius 1 is 1.28 bits per heavy atom. The molecule has 2 amide bonds. The van der Waals surface area contributed by atoms with E-state index in [0.717, 1.165) is 18.7 Å². The zero-order valence-electron chi connectivity index (χ0n) is 15.0. The number of aromatic nitrogens is 3. The fourth-order valence-electron chi connectivity index (χ4n) is 3.18. The third-order valence-electron chi connectivity index (χ3n) is 4.42. The molecule has 0 spiro atoms. The van der Waals surface area contributed by atoms with Crippen LogP contribution < -0.4 is 10.6 Å². The summed E-state index contributed by atoms with van der Waals surface area (Å²) in [5, 5.41) is 13.9. The smallest absolute Gasteiger partial charge is 0.315 e. The number of amides is 2. The van der Waals surface area contributed by atoms with Crippen molar-refractivity contribution in [2.45, 2.75) is 45.6 Å². The van der Waals surface area contributed by atoms with Crippen LogP contribution in [0.25, 0.3) is 5.65 Å². The fourth-order valence-corrected chi connectivity index (χ4v) is 3.18. The number of ether oxygens (including phenoxy) is 1. The summed E-state index contributed by atoms with van der Waals surface area (Å²) >= 11 is 0. The van der Waals surface area contributed by atoms with Crippen LogP contribution in [0.5, 0.6) is 0 Å². The zero-order chi connectivity index (χ0) is 17.8. The van der Waals surface area contributed by atoms with Crippen LogP contribution in [0.2, 0.25) is 0 Å². The lowest BCUT2D eigenvalue weighted by atomic mass is 10.2. The van der Waals surface area contributed by atoms with E-state index >= 15 is 0 Å². The van der Waals surface area contributed by atoms with Gasteiger partial charge in [-0.05, 0) is 32.9 Å². The second kappa shape index (κ2) is 7.79. The molecule has 0 aromatic carbocycles. The molecule has 25 heavy (non-hydrogen) atoms. The van der Waals surface area contributed by atoms with Crippen molar-refractivity contribution in [1.82, 2.24) is 30.1 Å². The van der Waals surface area contributed by atoms with Crippen LogP contribution in [0.4, 0.5) is 4.79 Å². The van der Waals surface area contributed by atoms with Gasteiger partial charge >= 0.3 is 6.03 Å². The molecule has 8 nitrogen and oxygen atoms in total. The lowest BCUT2D eigenvalue weighted by Gasteiger charge is -2.38. The van der Waals surface area contributed by atoms with Gasteiger partial charge in [-0.3, -0.25) is 9.30 Å². The fraction of sp³-hybridized carbons (Fsp3) is 0.588. The topological polar surface area (TPSA) is 83.8 Å². The van der Waals surface area contributed by atoms with Crippen molar-refractivity contribution < 1.29 is 9.53 Å². The number of rotatable bonds is 5. The molecule has 0 bridgehead atoms. The molecule has 1 saturated heterocycles.